The number of rotatable bonds is 7. The van der Waals surface area contributed by atoms with E-state index in [1.807, 2.05) is 24.3 Å². The van der Waals surface area contributed by atoms with Crippen molar-refractivity contribution >= 4 is 43.8 Å². The molecule has 0 saturated heterocycles. The van der Waals surface area contributed by atoms with Crippen molar-refractivity contribution in [2.75, 3.05) is 11.1 Å². The second-order valence-electron chi connectivity index (χ2n) is 7.98. The molecule has 1 aliphatic heterocycles. The van der Waals surface area contributed by atoms with Gasteiger partial charge in [0.15, 0.2) is 15.0 Å². The van der Waals surface area contributed by atoms with Crippen molar-refractivity contribution < 1.29 is 13.2 Å². The van der Waals surface area contributed by atoms with E-state index in [0.29, 0.717) is 10.8 Å². The van der Waals surface area contributed by atoms with Crippen LogP contribution < -0.4 is 5.32 Å². The van der Waals surface area contributed by atoms with Gasteiger partial charge in [0.1, 0.15) is 0 Å². The summed E-state index contributed by atoms with van der Waals surface area (Å²) < 4.78 is 23.7. The summed E-state index contributed by atoms with van der Waals surface area (Å²) in [6.07, 6.45) is 2.61. The van der Waals surface area contributed by atoms with Crippen LogP contribution in [0.4, 0.5) is 5.13 Å². The molecule has 3 aromatic rings. The molecule has 7 nitrogen and oxygen atoms in total. The summed E-state index contributed by atoms with van der Waals surface area (Å²) in [5, 5.41) is 4.12. The topological polar surface area (TPSA) is 92.3 Å². The predicted molar refractivity (Wildman–Crippen MR) is 137 cm³/mol. The minimum atomic E-state index is -3.30. The number of carbonyl (C=O) groups excluding carboxylic acids is 1. The summed E-state index contributed by atoms with van der Waals surface area (Å²) in [4.78, 5) is 24.6. The van der Waals surface area contributed by atoms with Gasteiger partial charge in [0.25, 0.3) is 0 Å². The smallest absolute Gasteiger partial charge is 0.232 e. The Morgan fingerprint density at radius 1 is 1.12 bits per heavy atom. The van der Waals surface area contributed by atoms with E-state index in [9.17, 15) is 13.2 Å². The summed E-state index contributed by atoms with van der Waals surface area (Å²) in [6.45, 7) is 8.18. The van der Waals surface area contributed by atoms with E-state index >= 15 is 0 Å². The van der Waals surface area contributed by atoms with Gasteiger partial charge in [-0.1, -0.05) is 50.9 Å². The number of thiazole rings is 1. The molecule has 1 amide bonds. The molecular formula is C24H29ClN4O3S2. The number of hydrogen-bond donors (Lipinski definition) is 1. The van der Waals surface area contributed by atoms with Crippen molar-refractivity contribution in [2.24, 2.45) is 0 Å². The molecule has 0 radical (unpaired) electrons. The van der Waals surface area contributed by atoms with Gasteiger partial charge in [-0.3, -0.25) is 14.7 Å². The number of carbonyl (C=O) groups is 1. The fourth-order valence-corrected chi connectivity index (χ4v) is 5.29. The number of nitrogens with one attached hydrogen (secondary N) is 1. The molecule has 0 bridgehead atoms. The predicted octanol–water partition coefficient (Wildman–Crippen LogP) is 5.10. The number of fused-ring (bicyclic) bond motifs is 1. The lowest BCUT2D eigenvalue weighted by Crippen LogP contribution is -2.17. The second-order valence-corrected chi connectivity index (χ2v) is 11.8. The maximum absolute atomic E-state index is 12.4. The van der Waals surface area contributed by atoms with Gasteiger partial charge in [-0.05, 0) is 29.8 Å². The Labute approximate surface area is 210 Å². The van der Waals surface area contributed by atoms with Crippen LogP contribution >= 0.6 is 22.9 Å². The zero-order valence-corrected chi connectivity index (χ0v) is 21.9. The first kappa shape index (κ1) is 26.3. The average Bonchev–Trinajstić information content (AvgIpc) is 3.34. The van der Waals surface area contributed by atoms with Crippen LogP contribution in [0.3, 0.4) is 0 Å². The van der Waals surface area contributed by atoms with E-state index in [-0.39, 0.29) is 23.0 Å². The standard InChI is InChI=1S/C21H21ClN4O3S2.C3H8/c1-2-31(28,29)17-8-7-16(23-10-17)9-20(27)25-21-24-18-12-26(13-19(18)30-21)11-14-3-5-15(22)6-4-14;1-3-2/h3-8,10H,2,9,11-13H2,1H3,(H,24,25,27);3H2,1-2H3. The molecule has 0 atom stereocenters. The minimum Gasteiger partial charge on any atom is -0.302 e. The molecule has 0 unspecified atom stereocenters. The molecule has 3 heterocycles. The number of benzene rings is 1. The molecular weight excluding hydrogens is 492 g/mol. The van der Waals surface area contributed by atoms with Crippen molar-refractivity contribution in [1.29, 1.82) is 0 Å². The first-order valence-corrected chi connectivity index (χ1v) is 14.0. The zero-order valence-electron chi connectivity index (χ0n) is 19.5. The molecule has 34 heavy (non-hydrogen) atoms. The Bertz CT molecular complexity index is 1190. The number of halogens is 1. The fraction of sp³-hybridized carbons (Fsp3) is 0.375. The van der Waals surface area contributed by atoms with E-state index in [4.69, 9.17) is 11.6 Å². The summed E-state index contributed by atoms with van der Waals surface area (Å²) in [6, 6.07) is 10.9. The number of hydrogen-bond acceptors (Lipinski definition) is 7. The van der Waals surface area contributed by atoms with Gasteiger partial charge >= 0.3 is 0 Å². The van der Waals surface area contributed by atoms with Crippen LogP contribution in [0, 0.1) is 0 Å². The Morgan fingerprint density at radius 3 is 2.41 bits per heavy atom. The second kappa shape index (κ2) is 11.9. The first-order valence-electron chi connectivity index (χ1n) is 11.2. The molecule has 4 rings (SSSR count). The molecule has 2 aromatic heterocycles. The highest BCUT2D eigenvalue weighted by atomic mass is 35.5. The molecule has 0 spiro atoms. The summed E-state index contributed by atoms with van der Waals surface area (Å²) in [7, 11) is -3.30. The number of nitrogens with zero attached hydrogens (tertiary/aromatic N) is 3. The van der Waals surface area contributed by atoms with Crippen molar-refractivity contribution in [1.82, 2.24) is 14.9 Å². The lowest BCUT2D eigenvalue weighted by atomic mass is 10.2. The van der Waals surface area contributed by atoms with Crippen molar-refractivity contribution in [3.8, 4) is 0 Å². The SMILES string of the molecule is CCC.CCS(=O)(=O)c1ccc(CC(=O)Nc2nc3c(s2)CN(Cc2ccc(Cl)cc2)C3)nc1. The van der Waals surface area contributed by atoms with Gasteiger partial charge in [-0.15, -0.1) is 11.3 Å². The van der Waals surface area contributed by atoms with E-state index in [1.54, 1.807) is 13.0 Å². The van der Waals surface area contributed by atoms with Gasteiger partial charge in [0.05, 0.1) is 22.8 Å². The van der Waals surface area contributed by atoms with Gasteiger partial charge in [0.2, 0.25) is 5.91 Å². The number of amides is 1. The number of anilines is 1. The summed E-state index contributed by atoms with van der Waals surface area (Å²) in [5.74, 6) is -0.218. The first-order chi connectivity index (χ1) is 16.2. The lowest BCUT2D eigenvalue weighted by Gasteiger charge is -2.14. The molecule has 182 valence electrons. The summed E-state index contributed by atoms with van der Waals surface area (Å²) in [5.41, 5.74) is 2.69. The van der Waals surface area contributed by atoms with E-state index in [1.165, 1.54) is 35.6 Å². The maximum atomic E-state index is 12.4. The minimum absolute atomic E-state index is 0.0142. The van der Waals surface area contributed by atoms with Gasteiger partial charge in [-0.25, -0.2) is 13.4 Å². The third-order valence-electron chi connectivity index (χ3n) is 4.96. The van der Waals surface area contributed by atoms with Crippen LogP contribution in [0.2, 0.25) is 5.02 Å². The Kier molecular flexibility index (Phi) is 9.18. The lowest BCUT2D eigenvalue weighted by molar-refractivity contribution is -0.115. The van der Waals surface area contributed by atoms with Crippen LogP contribution in [-0.4, -0.2) is 34.9 Å². The highest BCUT2D eigenvalue weighted by molar-refractivity contribution is 7.91. The Balaban J connectivity index is 0.00000103. The monoisotopic (exact) mass is 520 g/mol. The number of aromatic nitrogens is 2. The number of sulfone groups is 1. The molecule has 1 aromatic carbocycles. The Morgan fingerprint density at radius 2 is 1.82 bits per heavy atom. The van der Waals surface area contributed by atoms with Gasteiger partial charge < -0.3 is 5.32 Å². The third-order valence-corrected chi connectivity index (χ3v) is 7.93. The summed E-state index contributed by atoms with van der Waals surface area (Å²) >= 11 is 7.42. The van der Waals surface area contributed by atoms with E-state index in [0.717, 1.165) is 35.2 Å². The fourth-order valence-electron chi connectivity index (χ4n) is 3.31. The molecule has 0 fully saturated rings. The van der Waals surface area contributed by atoms with Crippen molar-refractivity contribution in [3.63, 3.8) is 0 Å². The molecule has 0 saturated carbocycles. The van der Waals surface area contributed by atoms with Crippen molar-refractivity contribution in [2.45, 2.75) is 58.1 Å². The van der Waals surface area contributed by atoms with E-state index < -0.39 is 9.84 Å². The van der Waals surface area contributed by atoms with Crippen LogP contribution in [0.25, 0.3) is 0 Å². The van der Waals surface area contributed by atoms with Crippen LogP contribution in [-0.2, 0) is 40.7 Å². The number of pyridine rings is 1. The normalized spacial score (nSPS) is 13.2. The molecule has 0 aliphatic carbocycles. The van der Waals surface area contributed by atoms with Gasteiger partial charge in [-0.2, -0.15) is 0 Å². The van der Waals surface area contributed by atoms with Gasteiger partial charge in [0, 0.05) is 41.4 Å². The average molecular weight is 521 g/mol. The van der Waals surface area contributed by atoms with Crippen LogP contribution in [0.1, 0.15) is 49.0 Å². The highest BCUT2D eigenvalue weighted by Gasteiger charge is 2.24. The highest BCUT2D eigenvalue weighted by Crippen LogP contribution is 2.32. The third kappa shape index (κ3) is 7.09. The zero-order chi connectivity index (χ0) is 24.7. The van der Waals surface area contributed by atoms with Crippen LogP contribution in [0.5, 0.6) is 0 Å². The molecule has 1 N–H and O–H groups in total. The molecule has 1 aliphatic rings. The maximum Gasteiger partial charge on any atom is 0.232 e. The van der Waals surface area contributed by atoms with Crippen LogP contribution in [0.15, 0.2) is 47.5 Å². The largest absolute Gasteiger partial charge is 0.302 e. The Hall–Kier alpha value is -2.33. The molecule has 10 heteroatoms. The van der Waals surface area contributed by atoms with Crippen molar-refractivity contribution in [3.05, 3.63) is 69.4 Å². The quantitative estimate of drug-likeness (QED) is 0.466. The van der Waals surface area contributed by atoms with E-state index in [2.05, 4.69) is 34.0 Å².